The summed E-state index contributed by atoms with van der Waals surface area (Å²) in [6.07, 6.45) is 2.06. The van der Waals surface area contributed by atoms with E-state index in [1.54, 1.807) is 18.4 Å². The van der Waals surface area contributed by atoms with Crippen LogP contribution in [0.4, 0.5) is 0 Å². The molecule has 1 aromatic rings. The van der Waals surface area contributed by atoms with Crippen LogP contribution < -0.4 is 11.1 Å². The van der Waals surface area contributed by atoms with E-state index < -0.39 is 11.9 Å². The fourth-order valence-corrected chi connectivity index (χ4v) is 1.24. The summed E-state index contributed by atoms with van der Waals surface area (Å²) in [5.74, 6) is -0.242. The maximum absolute atomic E-state index is 11.0. The topological polar surface area (TPSA) is 92.4 Å². The maximum Gasteiger partial charge on any atom is 0.234 e. The van der Waals surface area contributed by atoms with E-state index in [2.05, 4.69) is 5.32 Å². The van der Waals surface area contributed by atoms with Gasteiger partial charge in [0.1, 0.15) is 5.75 Å². The Labute approximate surface area is 93.3 Å². The Morgan fingerprint density at radius 2 is 2.06 bits per heavy atom. The molecule has 0 bridgehead atoms. The number of nitrogens with two attached hydrogens (primary N) is 1. The Balaban J connectivity index is 2.59. The molecule has 85 valence electrons. The first-order valence-corrected chi connectivity index (χ1v) is 4.80. The predicted molar refractivity (Wildman–Crippen MR) is 58.5 cm³/mol. The number of hydrogen-bond donors (Lipinski definition) is 3. The number of hydrogen-bond acceptors (Lipinski definition) is 4. The molecule has 16 heavy (non-hydrogen) atoms. The van der Waals surface area contributed by atoms with Crippen molar-refractivity contribution in [1.29, 1.82) is 0 Å². The van der Waals surface area contributed by atoms with E-state index in [1.165, 1.54) is 12.1 Å². The van der Waals surface area contributed by atoms with Crippen molar-refractivity contribution in [2.24, 2.45) is 5.73 Å². The molecule has 0 saturated carbocycles. The molecule has 1 rings (SSSR count). The minimum atomic E-state index is -0.708. The lowest BCUT2D eigenvalue weighted by molar-refractivity contribution is -0.120. The second-order valence-electron chi connectivity index (χ2n) is 3.31. The first-order chi connectivity index (χ1) is 7.65. The summed E-state index contributed by atoms with van der Waals surface area (Å²) in [4.78, 5) is 21.6. The molecule has 5 heteroatoms. The molecule has 0 saturated heterocycles. The molecule has 0 aliphatic rings. The first kappa shape index (κ1) is 12.2. The largest absolute Gasteiger partial charge is 0.508 e. The van der Waals surface area contributed by atoms with Crippen LogP contribution in [0.1, 0.15) is 5.56 Å². The molecule has 0 aliphatic carbocycles. The van der Waals surface area contributed by atoms with E-state index in [4.69, 9.17) is 10.8 Å². The summed E-state index contributed by atoms with van der Waals surface area (Å²) < 4.78 is 0. The van der Waals surface area contributed by atoms with Gasteiger partial charge in [0.2, 0.25) is 12.2 Å². The van der Waals surface area contributed by atoms with Gasteiger partial charge in [-0.2, -0.15) is 0 Å². The highest BCUT2D eigenvalue weighted by atomic mass is 16.3. The van der Waals surface area contributed by atoms with E-state index in [9.17, 15) is 9.59 Å². The normalized spacial score (nSPS) is 11.8. The van der Waals surface area contributed by atoms with Crippen LogP contribution >= 0.6 is 0 Å². The van der Waals surface area contributed by atoms with Crippen molar-refractivity contribution in [3.05, 3.63) is 29.8 Å². The van der Waals surface area contributed by atoms with Gasteiger partial charge in [-0.1, -0.05) is 12.1 Å². The van der Waals surface area contributed by atoms with Crippen molar-refractivity contribution in [2.45, 2.75) is 12.5 Å². The zero-order valence-electron chi connectivity index (χ0n) is 8.64. The molecular formula is C11H13N2O3. The summed E-state index contributed by atoms with van der Waals surface area (Å²) in [7, 11) is 0. The quantitative estimate of drug-likeness (QED) is 0.624. The van der Waals surface area contributed by atoms with E-state index in [0.717, 1.165) is 5.56 Å². The molecule has 0 unspecified atom stereocenters. The molecule has 0 aliphatic heterocycles. The van der Waals surface area contributed by atoms with Crippen LogP contribution in [0.3, 0.4) is 0 Å². The van der Waals surface area contributed by atoms with Crippen LogP contribution in [0.25, 0.3) is 0 Å². The average Bonchev–Trinajstić information content (AvgIpc) is 2.30. The monoisotopic (exact) mass is 221 g/mol. The van der Waals surface area contributed by atoms with E-state index in [0.29, 0.717) is 6.42 Å². The molecule has 1 amide bonds. The molecule has 5 nitrogen and oxygen atoms in total. The van der Waals surface area contributed by atoms with Crippen molar-refractivity contribution >= 4 is 12.2 Å². The summed E-state index contributed by atoms with van der Waals surface area (Å²) in [5.41, 5.74) is 5.94. The lowest BCUT2D eigenvalue weighted by atomic mass is 10.1. The second kappa shape index (κ2) is 5.87. The molecule has 0 fully saturated rings. The van der Waals surface area contributed by atoms with Crippen molar-refractivity contribution in [1.82, 2.24) is 5.32 Å². The zero-order chi connectivity index (χ0) is 12.0. The van der Waals surface area contributed by atoms with Gasteiger partial charge in [-0.25, -0.2) is 0 Å². The summed E-state index contributed by atoms with van der Waals surface area (Å²) in [6, 6.07) is 5.67. The maximum atomic E-state index is 11.0. The fourth-order valence-electron chi connectivity index (χ4n) is 1.24. The lowest BCUT2D eigenvalue weighted by Crippen LogP contribution is -2.40. The molecule has 0 heterocycles. The van der Waals surface area contributed by atoms with Gasteiger partial charge in [0.15, 0.2) is 0 Å². The molecule has 0 spiro atoms. The van der Waals surface area contributed by atoms with Gasteiger partial charge < -0.3 is 16.2 Å². The van der Waals surface area contributed by atoms with Crippen LogP contribution in [-0.4, -0.2) is 29.9 Å². The molecule has 0 aromatic heterocycles. The van der Waals surface area contributed by atoms with Gasteiger partial charge >= 0.3 is 0 Å². The van der Waals surface area contributed by atoms with Gasteiger partial charge in [-0.15, -0.1) is 0 Å². The van der Waals surface area contributed by atoms with Crippen LogP contribution in [0, 0.1) is 0 Å². The predicted octanol–water partition coefficient (Wildman–Crippen LogP) is -0.512. The van der Waals surface area contributed by atoms with Crippen LogP contribution in [0.2, 0.25) is 0 Å². The number of nitrogens with one attached hydrogen (secondary N) is 1. The Bertz CT molecular complexity index is 362. The third kappa shape index (κ3) is 3.70. The number of carbonyl (C=O) groups excluding carboxylic acids is 2. The molecular weight excluding hydrogens is 208 g/mol. The van der Waals surface area contributed by atoms with Crippen molar-refractivity contribution in [2.75, 3.05) is 6.54 Å². The van der Waals surface area contributed by atoms with E-state index in [-0.39, 0.29) is 12.3 Å². The van der Waals surface area contributed by atoms with E-state index in [1.807, 2.05) is 0 Å². The van der Waals surface area contributed by atoms with E-state index >= 15 is 0 Å². The Hall–Kier alpha value is -1.88. The third-order valence-corrected chi connectivity index (χ3v) is 2.04. The number of rotatable bonds is 5. The van der Waals surface area contributed by atoms with Gasteiger partial charge in [0, 0.05) is 6.42 Å². The van der Waals surface area contributed by atoms with Crippen molar-refractivity contribution in [3.8, 4) is 5.75 Å². The Kier molecular flexibility index (Phi) is 4.47. The third-order valence-electron chi connectivity index (χ3n) is 2.04. The number of phenols is 1. The highest BCUT2D eigenvalue weighted by Crippen LogP contribution is 2.10. The number of amides is 1. The van der Waals surface area contributed by atoms with Gasteiger partial charge in [-0.05, 0) is 17.7 Å². The minimum absolute atomic E-state index is 0.154. The molecule has 4 N–H and O–H groups in total. The number of benzene rings is 1. The van der Waals surface area contributed by atoms with Crippen molar-refractivity contribution in [3.63, 3.8) is 0 Å². The lowest BCUT2D eigenvalue weighted by Gasteiger charge is -2.11. The highest BCUT2D eigenvalue weighted by molar-refractivity contribution is 5.81. The summed E-state index contributed by atoms with van der Waals surface area (Å²) in [6.45, 7) is -0.159. The zero-order valence-corrected chi connectivity index (χ0v) is 8.64. The second-order valence-corrected chi connectivity index (χ2v) is 3.31. The minimum Gasteiger partial charge on any atom is -0.508 e. The SMILES string of the molecule is NCC(=O)N[C@H]([C]=O)Cc1ccc(O)cc1. The van der Waals surface area contributed by atoms with Gasteiger partial charge in [-0.3, -0.25) is 9.59 Å². The van der Waals surface area contributed by atoms with Crippen LogP contribution in [0.5, 0.6) is 5.75 Å². The molecule has 1 aromatic carbocycles. The summed E-state index contributed by atoms with van der Waals surface area (Å²) >= 11 is 0. The van der Waals surface area contributed by atoms with Crippen LogP contribution in [0.15, 0.2) is 24.3 Å². The summed E-state index contributed by atoms with van der Waals surface area (Å²) in [5, 5.41) is 11.5. The van der Waals surface area contributed by atoms with Crippen molar-refractivity contribution < 1.29 is 14.7 Å². The molecule has 1 atom stereocenters. The van der Waals surface area contributed by atoms with Crippen LogP contribution in [-0.2, 0) is 16.0 Å². The smallest absolute Gasteiger partial charge is 0.234 e. The number of aromatic hydroxyl groups is 1. The van der Waals surface area contributed by atoms with Gasteiger partial charge in [0.25, 0.3) is 0 Å². The molecule has 1 radical (unpaired) electrons. The Morgan fingerprint density at radius 3 is 2.56 bits per heavy atom. The Morgan fingerprint density at radius 1 is 1.44 bits per heavy atom. The highest BCUT2D eigenvalue weighted by Gasteiger charge is 2.11. The fraction of sp³-hybridized carbons (Fsp3) is 0.273. The van der Waals surface area contributed by atoms with Gasteiger partial charge in [0.05, 0.1) is 12.6 Å². The standard InChI is InChI=1S/C11H13N2O3/c12-6-11(16)13-9(7-14)5-8-1-3-10(15)4-2-8/h1-4,9,15H,5-6,12H2,(H,13,16)/t9-/m0/s1. The number of carbonyl (C=O) groups is 1. The number of phenolic OH excluding ortho intramolecular Hbond substituents is 1. The average molecular weight is 221 g/mol. The first-order valence-electron chi connectivity index (χ1n) is 4.80.